The Morgan fingerprint density at radius 1 is 1.07 bits per heavy atom. The van der Waals surface area contributed by atoms with Crippen LogP contribution < -0.4 is 10.3 Å². The summed E-state index contributed by atoms with van der Waals surface area (Å²) in [6, 6.07) is 17.9. The van der Waals surface area contributed by atoms with Gasteiger partial charge in [-0.1, -0.05) is 60.3 Å². The monoisotopic (exact) mass is 420 g/mol. The summed E-state index contributed by atoms with van der Waals surface area (Å²) in [6.45, 7) is 4.88. The lowest BCUT2D eigenvalue weighted by Crippen LogP contribution is -2.25. The van der Waals surface area contributed by atoms with Crippen molar-refractivity contribution < 1.29 is 4.74 Å². The van der Waals surface area contributed by atoms with Gasteiger partial charge >= 0.3 is 0 Å². The van der Waals surface area contributed by atoms with Gasteiger partial charge in [-0.15, -0.1) is 0 Å². The van der Waals surface area contributed by atoms with Crippen LogP contribution in [0.5, 0.6) is 5.75 Å². The standard InChI is InChI=1S/C23H24N4O2S/c1-4-27-21-20(16(2)25-27)24-23(30-15-17-10-6-5-7-11-17)26(22(21)28)14-18-12-8-9-13-19(18)29-3/h5-13H,4,14-15H2,1-3H3. The van der Waals surface area contributed by atoms with Crippen molar-refractivity contribution in [1.29, 1.82) is 0 Å². The number of ether oxygens (including phenoxy) is 1. The molecule has 0 N–H and O–H groups in total. The van der Waals surface area contributed by atoms with E-state index in [2.05, 4.69) is 17.2 Å². The number of para-hydroxylation sites is 1. The van der Waals surface area contributed by atoms with Gasteiger partial charge in [0.2, 0.25) is 0 Å². The number of hydrogen-bond donors (Lipinski definition) is 0. The summed E-state index contributed by atoms with van der Waals surface area (Å²) in [6.07, 6.45) is 0. The smallest absolute Gasteiger partial charge is 0.280 e. The summed E-state index contributed by atoms with van der Waals surface area (Å²) in [4.78, 5) is 18.4. The second-order valence-electron chi connectivity index (χ2n) is 6.97. The first-order valence-corrected chi connectivity index (χ1v) is 10.9. The summed E-state index contributed by atoms with van der Waals surface area (Å²) < 4.78 is 8.98. The van der Waals surface area contributed by atoms with E-state index in [1.165, 1.54) is 5.56 Å². The molecule has 2 aromatic heterocycles. The summed E-state index contributed by atoms with van der Waals surface area (Å²) in [5, 5.41) is 5.20. The number of aromatic nitrogens is 4. The minimum atomic E-state index is -0.0797. The fraction of sp³-hybridized carbons (Fsp3) is 0.261. The Hall–Kier alpha value is -3.06. The number of thioether (sulfide) groups is 1. The third-order valence-corrected chi connectivity index (χ3v) is 6.06. The van der Waals surface area contributed by atoms with Gasteiger partial charge < -0.3 is 4.74 Å². The molecule has 7 heteroatoms. The molecule has 30 heavy (non-hydrogen) atoms. The average molecular weight is 421 g/mol. The van der Waals surface area contributed by atoms with Crippen LogP contribution in [0, 0.1) is 6.92 Å². The summed E-state index contributed by atoms with van der Waals surface area (Å²) in [5.41, 5.74) is 4.03. The molecule has 0 spiro atoms. The number of rotatable bonds is 7. The number of fused-ring (bicyclic) bond motifs is 1. The third kappa shape index (κ3) is 3.85. The van der Waals surface area contributed by atoms with E-state index < -0.39 is 0 Å². The second kappa shape index (κ2) is 8.75. The Bertz CT molecular complexity index is 1230. The molecular weight excluding hydrogens is 396 g/mol. The molecule has 0 unspecified atom stereocenters. The van der Waals surface area contributed by atoms with E-state index in [9.17, 15) is 4.79 Å². The van der Waals surface area contributed by atoms with Gasteiger partial charge in [-0.3, -0.25) is 14.0 Å². The molecule has 0 atom stereocenters. The lowest BCUT2D eigenvalue weighted by molar-refractivity contribution is 0.407. The number of aryl methyl sites for hydroxylation is 2. The molecule has 0 aliphatic carbocycles. The average Bonchev–Trinajstić information content (AvgIpc) is 3.11. The molecule has 154 valence electrons. The van der Waals surface area contributed by atoms with E-state index in [-0.39, 0.29) is 5.56 Å². The minimum Gasteiger partial charge on any atom is -0.496 e. The number of benzene rings is 2. The van der Waals surface area contributed by atoms with Crippen molar-refractivity contribution in [2.24, 2.45) is 0 Å². The van der Waals surface area contributed by atoms with Crippen molar-refractivity contribution in [3.05, 3.63) is 81.8 Å². The van der Waals surface area contributed by atoms with Gasteiger partial charge in [-0.2, -0.15) is 5.10 Å². The fourth-order valence-corrected chi connectivity index (χ4v) is 4.44. The van der Waals surface area contributed by atoms with Crippen LogP contribution in [0.15, 0.2) is 64.5 Å². The Morgan fingerprint density at radius 2 is 1.80 bits per heavy atom. The highest BCUT2D eigenvalue weighted by atomic mass is 32.2. The van der Waals surface area contributed by atoms with Crippen molar-refractivity contribution in [2.45, 2.75) is 37.8 Å². The highest BCUT2D eigenvalue weighted by Gasteiger charge is 2.19. The van der Waals surface area contributed by atoms with Gasteiger partial charge in [0, 0.05) is 17.9 Å². The topological polar surface area (TPSA) is 61.9 Å². The molecule has 2 heterocycles. The van der Waals surface area contributed by atoms with Crippen molar-refractivity contribution >= 4 is 22.8 Å². The maximum absolute atomic E-state index is 13.6. The Labute approximate surface area is 179 Å². The molecule has 2 aromatic carbocycles. The second-order valence-corrected chi connectivity index (χ2v) is 7.91. The summed E-state index contributed by atoms with van der Waals surface area (Å²) in [5.74, 6) is 1.48. The molecule has 4 rings (SSSR count). The van der Waals surface area contributed by atoms with Crippen LogP contribution >= 0.6 is 11.8 Å². The van der Waals surface area contributed by atoms with Crippen molar-refractivity contribution in [2.75, 3.05) is 7.11 Å². The quantitative estimate of drug-likeness (QED) is 0.330. The van der Waals surface area contributed by atoms with Gasteiger partial charge in [0.25, 0.3) is 5.56 Å². The molecule has 4 aromatic rings. The van der Waals surface area contributed by atoms with E-state index in [0.717, 1.165) is 22.8 Å². The Kier molecular flexibility index (Phi) is 5.90. The molecule has 0 radical (unpaired) electrons. The first-order valence-electron chi connectivity index (χ1n) is 9.89. The largest absolute Gasteiger partial charge is 0.496 e. The van der Waals surface area contributed by atoms with Crippen LogP contribution in [0.25, 0.3) is 11.0 Å². The predicted octanol–water partition coefficient (Wildman–Crippen LogP) is 4.27. The van der Waals surface area contributed by atoms with E-state index in [1.54, 1.807) is 28.1 Å². The normalized spacial score (nSPS) is 11.2. The number of hydrogen-bond acceptors (Lipinski definition) is 5. The molecule has 0 amide bonds. The SMILES string of the molecule is CCn1nc(C)c2nc(SCc3ccccc3)n(Cc3ccccc3OC)c(=O)c21. The van der Waals surface area contributed by atoms with E-state index >= 15 is 0 Å². The Balaban J connectivity index is 1.84. The van der Waals surface area contributed by atoms with Crippen LogP contribution in [0.4, 0.5) is 0 Å². The zero-order valence-electron chi connectivity index (χ0n) is 17.3. The van der Waals surface area contributed by atoms with Crippen LogP contribution in [0.2, 0.25) is 0 Å². The zero-order chi connectivity index (χ0) is 21.1. The number of methoxy groups -OCH3 is 1. The molecular formula is C23H24N4O2S. The van der Waals surface area contributed by atoms with Crippen LogP contribution in [0.1, 0.15) is 23.7 Å². The molecule has 0 fully saturated rings. The lowest BCUT2D eigenvalue weighted by atomic mass is 10.2. The lowest BCUT2D eigenvalue weighted by Gasteiger charge is -2.14. The maximum Gasteiger partial charge on any atom is 0.280 e. The van der Waals surface area contributed by atoms with Gasteiger partial charge in [-0.25, -0.2) is 4.98 Å². The van der Waals surface area contributed by atoms with Crippen LogP contribution in [0.3, 0.4) is 0 Å². The van der Waals surface area contributed by atoms with Gasteiger partial charge in [0.05, 0.1) is 19.3 Å². The van der Waals surface area contributed by atoms with Crippen molar-refractivity contribution in [3.8, 4) is 5.75 Å². The molecule has 6 nitrogen and oxygen atoms in total. The fourth-order valence-electron chi connectivity index (χ4n) is 3.49. The maximum atomic E-state index is 13.6. The highest BCUT2D eigenvalue weighted by Crippen LogP contribution is 2.26. The van der Waals surface area contributed by atoms with Gasteiger partial charge in [-0.05, 0) is 25.5 Å². The molecule has 0 saturated carbocycles. The predicted molar refractivity (Wildman–Crippen MR) is 120 cm³/mol. The van der Waals surface area contributed by atoms with Crippen LogP contribution in [-0.4, -0.2) is 26.4 Å². The minimum absolute atomic E-state index is 0.0797. The van der Waals surface area contributed by atoms with E-state index in [4.69, 9.17) is 9.72 Å². The van der Waals surface area contributed by atoms with Crippen molar-refractivity contribution in [1.82, 2.24) is 19.3 Å². The zero-order valence-corrected chi connectivity index (χ0v) is 18.1. The summed E-state index contributed by atoms with van der Waals surface area (Å²) in [7, 11) is 1.64. The highest BCUT2D eigenvalue weighted by molar-refractivity contribution is 7.98. The number of nitrogens with zero attached hydrogens (tertiary/aromatic N) is 4. The van der Waals surface area contributed by atoms with E-state index in [0.29, 0.717) is 29.3 Å². The van der Waals surface area contributed by atoms with E-state index in [1.807, 2.05) is 56.3 Å². The summed E-state index contributed by atoms with van der Waals surface area (Å²) >= 11 is 1.56. The molecule has 0 saturated heterocycles. The first-order chi connectivity index (χ1) is 14.6. The molecule has 0 bridgehead atoms. The Morgan fingerprint density at radius 3 is 2.53 bits per heavy atom. The molecule has 0 aliphatic heterocycles. The third-order valence-electron chi connectivity index (χ3n) is 5.01. The molecule has 0 aliphatic rings. The van der Waals surface area contributed by atoms with Crippen LogP contribution in [-0.2, 0) is 18.8 Å². The first kappa shape index (κ1) is 20.2. The van der Waals surface area contributed by atoms with Gasteiger partial charge in [0.1, 0.15) is 11.3 Å². The van der Waals surface area contributed by atoms with Crippen molar-refractivity contribution in [3.63, 3.8) is 0 Å². The van der Waals surface area contributed by atoms with Gasteiger partial charge in [0.15, 0.2) is 10.7 Å².